The molecule has 0 spiro atoms. The number of hydrogen-bond acceptors (Lipinski definition) is 12. The number of nitro groups is 1. The van der Waals surface area contributed by atoms with Crippen LogP contribution < -0.4 is 36.9 Å². The quantitative estimate of drug-likeness (QED) is 0.0345. The van der Waals surface area contributed by atoms with E-state index in [1.165, 1.54) is 56.0 Å². The van der Waals surface area contributed by atoms with E-state index in [4.69, 9.17) is 15.1 Å². The number of carbonyl (C=O) groups excluding carboxylic acids is 1. The van der Waals surface area contributed by atoms with E-state index in [0.717, 1.165) is 9.46 Å². The Morgan fingerprint density at radius 2 is 1.06 bits per heavy atom. The minimum atomic E-state index is -4.40. The van der Waals surface area contributed by atoms with Gasteiger partial charge in [-0.3, -0.25) is 35.3 Å². The van der Waals surface area contributed by atoms with Crippen molar-refractivity contribution in [1.82, 2.24) is 9.97 Å². The molecular formula is C36H42F9I3N5O10+. The van der Waals surface area contributed by atoms with Crippen LogP contribution in [0.4, 0.5) is 45.2 Å². The van der Waals surface area contributed by atoms with Crippen molar-refractivity contribution in [2.24, 2.45) is 0 Å². The van der Waals surface area contributed by atoms with Gasteiger partial charge in [-0.15, -0.1) is 0 Å². The molecule has 63 heavy (non-hydrogen) atoms. The Kier molecular flexibility index (Phi) is 26.2. The topological polar surface area (TPSA) is 191 Å². The van der Waals surface area contributed by atoms with Gasteiger partial charge in [0.2, 0.25) is 23.8 Å². The zero-order valence-corrected chi connectivity index (χ0v) is 40.6. The van der Waals surface area contributed by atoms with E-state index >= 15 is 0 Å². The zero-order valence-electron chi connectivity index (χ0n) is 34.1. The van der Waals surface area contributed by atoms with Crippen LogP contribution in [0.3, 0.4) is 0 Å². The Hall–Kier alpha value is -4.01. The van der Waals surface area contributed by atoms with Gasteiger partial charge in [-0.25, -0.2) is 0 Å². The van der Waals surface area contributed by atoms with Crippen molar-refractivity contribution in [3.8, 4) is 17.2 Å². The first-order valence-electron chi connectivity index (χ1n) is 17.1. The van der Waals surface area contributed by atoms with E-state index in [-0.39, 0.29) is 36.1 Å². The van der Waals surface area contributed by atoms with Crippen molar-refractivity contribution >= 4 is 48.9 Å². The van der Waals surface area contributed by atoms with Crippen LogP contribution in [0.2, 0.25) is 0 Å². The normalized spacial score (nSPS) is 10.9. The van der Waals surface area contributed by atoms with Gasteiger partial charge in [0.25, 0.3) is 5.69 Å². The first-order valence-corrected chi connectivity index (χ1v) is 29.7. The van der Waals surface area contributed by atoms with Gasteiger partial charge in [-0.05, 0) is 39.8 Å². The number of rotatable bonds is 10. The van der Waals surface area contributed by atoms with Crippen LogP contribution >= 0.6 is 37.2 Å². The van der Waals surface area contributed by atoms with Gasteiger partial charge in [0.05, 0.1) is 40.1 Å². The Balaban J connectivity index is 0.000000802. The molecule has 0 saturated carbocycles. The number of aliphatic hydroxyl groups excluding tert-OH is 1. The molecule has 0 radical (unpaired) electrons. The molecule has 0 aromatic carbocycles. The summed E-state index contributed by atoms with van der Waals surface area (Å²) >= 11 is 5.30. The number of alkyl halides is 9. The van der Waals surface area contributed by atoms with Crippen LogP contribution in [0.15, 0.2) is 49.1 Å². The SMILES string of the molecule is CC(=O)OCc1nccc(OCC(F)(F)F)c1C.Cc1c(OCC(F)(F)F)cc[n+](O)c1C.Cc1c(OCC(F)(F)F)ccnc1CO.Cc1c([N+](=O)[O-])cc[n+](O)c1C.I[I-]I. The minimum absolute atomic E-state index is 0.0257. The first kappa shape index (κ1) is 59.0. The molecular weight excluding hydrogens is 1210 g/mol. The monoisotopic (exact) mass is 1260 g/mol. The summed E-state index contributed by atoms with van der Waals surface area (Å²) < 4.78 is 127. The predicted molar refractivity (Wildman–Crippen MR) is 215 cm³/mol. The van der Waals surface area contributed by atoms with Crippen LogP contribution in [-0.4, -0.2) is 74.7 Å². The first-order chi connectivity index (χ1) is 29.0. The molecule has 0 atom stereocenters. The summed E-state index contributed by atoms with van der Waals surface area (Å²) in [6.45, 7) is 6.24. The Morgan fingerprint density at radius 3 is 1.44 bits per heavy atom. The second-order valence-electron chi connectivity index (χ2n) is 12.2. The average Bonchev–Trinajstić information content (AvgIpc) is 3.17. The summed E-state index contributed by atoms with van der Waals surface area (Å²) in [5, 5.41) is 37.5. The number of nitrogens with zero attached hydrogens (tertiary/aromatic N) is 5. The Bertz CT molecular complexity index is 2080. The molecule has 354 valence electrons. The molecule has 0 unspecified atom stereocenters. The van der Waals surface area contributed by atoms with E-state index in [1.807, 2.05) is 0 Å². The van der Waals surface area contributed by atoms with Gasteiger partial charge >= 0.3 is 75.0 Å². The summed E-state index contributed by atoms with van der Waals surface area (Å²) in [5.41, 5.74) is 3.41. The van der Waals surface area contributed by atoms with E-state index in [9.17, 15) is 59.6 Å². The Morgan fingerprint density at radius 1 is 0.698 bits per heavy atom. The molecule has 0 aliphatic heterocycles. The molecule has 0 bridgehead atoms. The molecule has 0 saturated heterocycles. The number of ether oxygens (including phenoxy) is 4. The van der Waals surface area contributed by atoms with Crippen molar-refractivity contribution in [3.63, 3.8) is 0 Å². The fourth-order valence-corrected chi connectivity index (χ4v) is 4.20. The predicted octanol–water partition coefficient (Wildman–Crippen LogP) is 5.50. The standard InChI is InChI=1S/C11H12F3NO3.C9H11F3NO2.C9H10F3NO2.C7H9N2O3.I3/c1-7-9(5-17-8(2)16)15-4-3-10(7)18-6-11(12,13)14;1-6-7(2)13(14)4-3-8(6)15-5-9(10,11)12;1-6-7(4-14)13-3-2-8(6)15-5-9(10,11)12;1-5-6(2)8(10)4-3-7(5)9(11)12;1-3-2/h3-4H,5-6H2,1-2H3;3-4,14H,5H2,1-2H3;2-3,14H,4-5H2,1H3;3-4,10H,1-2H3;/q;+1;;+1;-1. The van der Waals surface area contributed by atoms with Crippen LogP contribution in [0.1, 0.15) is 52.0 Å². The van der Waals surface area contributed by atoms with Crippen molar-refractivity contribution in [1.29, 1.82) is 0 Å². The summed E-state index contributed by atoms with van der Waals surface area (Å²) in [6, 6.07) is 5.22. The number of hydrogen-bond donors (Lipinski definition) is 3. The second kappa shape index (κ2) is 28.0. The number of esters is 1. The molecule has 4 rings (SSSR count). The van der Waals surface area contributed by atoms with E-state index in [2.05, 4.69) is 61.4 Å². The Labute approximate surface area is 384 Å². The molecule has 0 fully saturated rings. The molecule has 4 aromatic heterocycles. The van der Waals surface area contributed by atoms with E-state index < -0.39 is 49.2 Å². The van der Waals surface area contributed by atoms with E-state index in [0.29, 0.717) is 58.3 Å². The van der Waals surface area contributed by atoms with E-state index in [1.54, 1.807) is 41.5 Å². The average molecular weight is 1260 g/mol. The van der Waals surface area contributed by atoms with Crippen LogP contribution in [0.25, 0.3) is 0 Å². The summed E-state index contributed by atoms with van der Waals surface area (Å²) in [5.74, 6) is -0.205. The van der Waals surface area contributed by atoms with Crippen LogP contribution in [0.5, 0.6) is 17.2 Å². The number of halogens is 12. The fraction of sp³-hybridized carbons (Fsp3) is 0.417. The molecule has 4 aromatic rings. The van der Waals surface area contributed by atoms with Crippen LogP contribution in [0, 0.1) is 51.7 Å². The number of aromatic nitrogens is 4. The summed E-state index contributed by atoms with van der Waals surface area (Å²) in [4.78, 5) is 28.3. The second-order valence-corrected chi connectivity index (χ2v) is 28.5. The number of aliphatic hydroxyl groups is 1. The van der Waals surface area contributed by atoms with Gasteiger partial charge in [-0.1, -0.05) is 0 Å². The fourth-order valence-electron chi connectivity index (χ4n) is 4.20. The molecule has 3 N–H and O–H groups in total. The van der Waals surface area contributed by atoms with Crippen molar-refractivity contribution in [3.05, 3.63) is 104 Å². The molecule has 4 heterocycles. The van der Waals surface area contributed by atoms with Crippen molar-refractivity contribution in [2.75, 3.05) is 19.8 Å². The molecule has 27 heteroatoms. The van der Waals surface area contributed by atoms with Crippen molar-refractivity contribution < 1.29 is 106 Å². The van der Waals surface area contributed by atoms with Crippen LogP contribution in [-0.2, 0) is 22.7 Å². The van der Waals surface area contributed by atoms with Gasteiger partial charge in [0.15, 0.2) is 19.8 Å². The van der Waals surface area contributed by atoms with Gasteiger partial charge in [0.1, 0.15) is 23.9 Å². The number of carbonyl (C=O) groups is 1. The zero-order chi connectivity index (χ0) is 48.9. The van der Waals surface area contributed by atoms with Crippen molar-refractivity contribution in [2.45, 2.75) is 80.2 Å². The van der Waals surface area contributed by atoms with Gasteiger partial charge in [0, 0.05) is 59.8 Å². The maximum absolute atomic E-state index is 12.0. The number of pyridine rings is 4. The molecule has 0 aliphatic carbocycles. The molecule has 0 amide bonds. The molecule has 0 aliphatic rings. The summed E-state index contributed by atoms with van der Waals surface area (Å²) in [7, 11) is 0. The maximum atomic E-state index is 12.0. The third kappa shape index (κ3) is 24.0. The third-order valence-corrected chi connectivity index (χ3v) is 7.72. The third-order valence-electron chi connectivity index (χ3n) is 7.72. The summed E-state index contributed by atoms with van der Waals surface area (Å²) in [6.07, 6.45) is -8.04. The molecule has 15 nitrogen and oxygen atoms in total. The van der Waals surface area contributed by atoms with Gasteiger partial charge < -0.3 is 24.1 Å². The van der Waals surface area contributed by atoms with Gasteiger partial charge in [-0.2, -0.15) is 39.5 Å².